The van der Waals surface area contributed by atoms with Crippen molar-refractivity contribution in [3.8, 4) is 0 Å². The predicted molar refractivity (Wildman–Crippen MR) is 49.6 cm³/mol. The third-order valence-corrected chi connectivity index (χ3v) is 2.38. The van der Waals surface area contributed by atoms with Crippen LogP contribution in [0, 0.1) is 0 Å². The van der Waals surface area contributed by atoms with E-state index >= 15 is 0 Å². The van der Waals surface area contributed by atoms with Crippen LogP contribution in [0.3, 0.4) is 0 Å². The van der Waals surface area contributed by atoms with E-state index in [9.17, 15) is 0 Å². The lowest BCUT2D eigenvalue weighted by atomic mass is 9.93. The zero-order valence-corrected chi connectivity index (χ0v) is 7.86. The van der Waals surface area contributed by atoms with Crippen LogP contribution in [-0.2, 0) is 0 Å². The fourth-order valence-corrected chi connectivity index (χ4v) is 1.71. The molecule has 0 aromatic rings. The molecule has 1 heteroatoms. The summed E-state index contributed by atoms with van der Waals surface area (Å²) in [5.41, 5.74) is 3.06. The third-order valence-electron chi connectivity index (χ3n) is 2.38. The van der Waals surface area contributed by atoms with Crippen LogP contribution < -0.4 is 5.32 Å². The number of nitrogens with one attached hydrogen (secondary N) is 1. The fourth-order valence-electron chi connectivity index (χ4n) is 1.71. The van der Waals surface area contributed by atoms with E-state index in [0.29, 0.717) is 0 Å². The molecule has 0 aliphatic carbocycles. The zero-order valence-electron chi connectivity index (χ0n) is 7.86. The molecule has 62 valence electrons. The van der Waals surface area contributed by atoms with Gasteiger partial charge < -0.3 is 5.32 Å². The molecule has 1 nitrogen and oxygen atoms in total. The molecule has 11 heavy (non-hydrogen) atoms. The molecule has 0 atom stereocenters. The summed E-state index contributed by atoms with van der Waals surface area (Å²) in [5, 5.41) is 3.46. The van der Waals surface area contributed by atoms with Crippen molar-refractivity contribution in [1.29, 1.82) is 0 Å². The van der Waals surface area contributed by atoms with Crippen molar-refractivity contribution < 1.29 is 0 Å². The Morgan fingerprint density at radius 1 is 1.27 bits per heavy atom. The third kappa shape index (κ3) is 1.38. The van der Waals surface area contributed by atoms with E-state index in [0.717, 1.165) is 6.54 Å². The first kappa shape index (κ1) is 8.54. The van der Waals surface area contributed by atoms with Crippen LogP contribution in [0.1, 0.15) is 27.7 Å². The average Bonchev–Trinajstić information content (AvgIpc) is 2.24. The Kier molecular flexibility index (Phi) is 2.19. The van der Waals surface area contributed by atoms with Gasteiger partial charge in [0.15, 0.2) is 0 Å². The quantitative estimate of drug-likeness (QED) is 0.560. The number of hydrogen-bond acceptors (Lipinski definition) is 1. The van der Waals surface area contributed by atoms with Crippen molar-refractivity contribution in [2.75, 3.05) is 6.54 Å². The van der Waals surface area contributed by atoms with Gasteiger partial charge in [-0.2, -0.15) is 0 Å². The summed E-state index contributed by atoms with van der Waals surface area (Å²) in [6.45, 7) is 9.66. The molecule has 1 N–H and O–H groups in total. The molecule has 1 heterocycles. The van der Waals surface area contributed by atoms with Gasteiger partial charge in [-0.1, -0.05) is 12.2 Å². The topological polar surface area (TPSA) is 12.0 Å². The summed E-state index contributed by atoms with van der Waals surface area (Å²) in [7, 11) is 0. The maximum Gasteiger partial charge on any atom is 0.0380 e. The van der Waals surface area contributed by atoms with Crippen molar-refractivity contribution in [3.63, 3.8) is 0 Å². The van der Waals surface area contributed by atoms with Crippen molar-refractivity contribution in [2.45, 2.75) is 33.2 Å². The number of rotatable bonds is 0. The molecule has 0 saturated carbocycles. The average molecular weight is 151 g/mol. The van der Waals surface area contributed by atoms with Gasteiger partial charge in [0.2, 0.25) is 0 Å². The van der Waals surface area contributed by atoms with Crippen LogP contribution in [0.25, 0.3) is 0 Å². The van der Waals surface area contributed by atoms with Gasteiger partial charge in [0.25, 0.3) is 0 Å². The first-order valence-corrected chi connectivity index (χ1v) is 4.19. The van der Waals surface area contributed by atoms with Crippen LogP contribution in [0.5, 0.6) is 0 Å². The molecular weight excluding hydrogens is 134 g/mol. The first-order chi connectivity index (χ1) is 5.11. The van der Waals surface area contributed by atoms with Crippen LogP contribution in [0.15, 0.2) is 23.3 Å². The minimum absolute atomic E-state index is 0.177. The molecule has 0 amide bonds. The van der Waals surface area contributed by atoms with Gasteiger partial charge in [-0.3, -0.25) is 0 Å². The number of allylic oxidation sites excluding steroid dienone is 2. The monoisotopic (exact) mass is 151 g/mol. The summed E-state index contributed by atoms with van der Waals surface area (Å²) in [6, 6.07) is 0. The van der Waals surface area contributed by atoms with E-state index in [-0.39, 0.29) is 5.54 Å². The minimum Gasteiger partial charge on any atom is -0.304 e. The van der Waals surface area contributed by atoms with E-state index < -0.39 is 0 Å². The molecule has 1 aliphatic heterocycles. The Morgan fingerprint density at radius 3 is 2.27 bits per heavy atom. The summed E-state index contributed by atoms with van der Waals surface area (Å²) in [4.78, 5) is 0. The molecule has 0 spiro atoms. The van der Waals surface area contributed by atoms with E-state index in [2.05, 4.69) is 45.2 Å². The highest BCUT2D eigenvalue weighted by molar-refractivity contribution is 5.43. The lowest BCUT2D eigenvalue weighted by Crippen LogP contribution is -2.33. The fraction of sp³-hybridized carbons (Fsp3) is 0.600. The van der Waals surface area contributed by atoms with E-state index in [1.807, 2.05) is 0 Å². The first-order valence-electron chi connectivity index (χ1n) is 4.19. The second-order valence-corrected chi connectivity index (χ2v) is 3.49. The van der Waals surface area contributed by atoms with Crippen molar-refractivity contribution in [2.24, 2.45) is 0 Å². The Hall–Kier alpha value is -0.560. The SMILES string of the molecule is C/C=C1/CNC(C)(C)/C1=C/C. The maximum absolute atomic E-state index is 3.46. The molecule has 0 radical (unpaired) electrons. The summed E-state index contributed by atoms with van der Waals surface area (Å²) < 4.78 is 0. The molecule has 1 aliphatic rings. The minimum atomic E-state index is 0.177. The normalized spacial score (nSPS) is 30.2. The highest BCUT2D eigenvalue weighted by Crippen LogP contribution is 2.29. The van der Waals surface area contributed by atoms with E-state index in [1.165, 1.54) is 11.1 Å². The number of hydrogen-bond donors (Lipinski definition) is 1. The van der Waals surface area contributed by atoms with Crippen LogP contribution in [0.2, 0.25) is 0 Å². The smallest absolute Gasteiger partial charge is 0.0380 e. The molecular formula is C10H17N. The van der Waals surface area contributed by atoms with E-state index in [1.54, 1.807) is 0 Å². The Labute approximate surface area is 69.2 Å². The predicted octanol–water partition coefficient (Wildman–Crippen LogP) is 2.26. The second kappa shape index (κ2) is 2.82. The largest absolute Gasteiger partial charge is 0.304 e. The van der Waals surface area contributed by atoms with Crippen molar-refractivity contribution in [3.05, 3.63) is 23.3 Å². The van der Waals surface area contributed by atoms with Gasteiger partial charge in [0.1, 0.15) is 0 Å². The molecule has 0 aromatic carbocycles. The summed E-state index contributed by atoms with van der Waals surface area (Å²) >= 11 is 0. The van der Waals surface area contributed by atoms with Gasteiger partial charge in [-0.15, -0.1) is 0 Å². The summed E-state index contributed by atoms with van der Waals surface area (Å²) in [6.07, 6.45) is 4.40. The van der Waals surface area contributed by atoms with Gasteiger partial charge in [-0.25, -0.2) is 0 Å². The Bertz CT molecular complexity index is 209. The molecule has 1 fully saturated rings. The Morgan fingerprint density at radius 2 is 1.91 bits per heavy atom. The van der Waals surface area contributed by atoms with E-state index in [4.69, 9.17) is 0 Å². The lowest BCUT2D eigenvalue weighted by Gasteiger charge is -2.19. The zero-order chi connectivity index (χ0) is 8.48. The van der Waals surface area contributed by atoms with Crippen LogP contribution >= 0.6 is 0 Å². The van der Waals surface area contributed by atoms with Gasteiger partial charge in [0, 0.05) is 12.1 Å². The van der Waals surface area contributed by atoms with Gasteiger partial charge in [0.05, 0.1) is 0 Å². The molecule has 1 rings (SSSR count). The van der Waals surface area contributed by atoms with Crippen LogP contribution in [-0.4, -0.2) is 12.1 Å². The molecule has 0 bridgehead atoms. The lowest BCUT2D eigenvalue weighted by molar-refractivity contribution is 0.527. The Balaban J connectivity index is 2.99. The van der Waals surface area contributed by atoms with Gasteiger partial charge in [-0.05, 0) is 38.8 Å². The van der Waals surface area contributed by atoms with Crippen molar-refractivity contribution in [1.82, 2.24) is 5.32 Å². The standard InChI is InChI=1S/C10H17N/c1-5-8-7-11-10(3,4)9(8)6-2/h5-6,11H,7H2,1-4H3/b8-5-,9-6+. The highest BCUT2D eigenvalue weighted by atomic mass is 15.0. The molecule has 0 unspecified atom stereocenters. The van der Waals surface area contributed by atoms with Crippen LogP contribution in [0.4, 0.5) is 0 Å². The van der Waals surface area contributed by atoms with Crippen molar-refractivity contribution >= 4 is 0 Å². The molecule has 0 aromatic heterocycles. The second-order valence-electron chi connectivity index (χ2n) is 3.49. The summed E-state index contributed by atoms with van der Waals surface area (Å²) in [5.74, 6) is 0. The maximum atomic E-state index is 3.46. The van der Waals surface area contributed by atoms with Gasteiger partial charge >= 0.3 is 0 Å². The molecule has 1 saturated heterocycles. The highest BCUT2D eigenvalue weighted by Gasteiger charge is 2.30.